The molecule has 0 aromatic heterocycles. The minimum atomic E-state index is -0.903. The Labute approximate surface area is 99.0 Å². The molecule has 1 aromatic rings. The first kappa shape index (κ1) is 13.4. The molecule has 0 aliphatic rings. The smallest absolute Gasteiger partial charge is 0.274 e. The van der Waals surface area contributed by atoms with Gasteiger partial charge in [0.25, 0.3) is 5.69 Å². The van der Waals surface area contributed by atoms with E-state index in [-0.39, 0.29) is 18.9 Å². The fourth-order valence-electron chi connectivity index (χ4n) is 1.41. The van der Waals surface area contributed by atoms with E-state index in [2.05, 4.69) is 5.32 Å². The summed E-state index contributed by atoms with van der Waals surface area (Å²) in [6.07, 6.45) is 0. The molecule has 0 heterocycles. The van der Waals surface area contributed by atoms with E-state index < -0.39 is 10.5 Å². The van der Waals surface area contributed by atoms with Crippen LogP contribution in [-0.4, -0.2) is 33.9 Å². The van der Waals surface area contributed by atoms with Gasteiger partial charge in [-0.25, -0.2) is 0 Å². The Balaban J connectivity index is 3.08. The summed E-state index contributed by atoms with van der Waals surface area (Å²) in [4.78, 5) is 10.3. The molecule has 3 N–H and O–H groups in total. The van der Waals surface area contributed by atoms with Crippen LogP contribution in [0.15, 0.2) is 18.2 Å². The van der Waals surface area contributed by atoms with E-state index in [9.17, 15) is 10.1 Å². The fourth-order valence-corrected chi connectivity index (χ4v) is 1.41. The van der Waals surface area contributed by atoms with Crippen LogP contribution in [0, 0.1) is 17.0 Å². The normalized spacial score (nSPS) is 11.3. The lowest BCUT2D eigenvalue weighted by Crippen LogP contribution is -2.42. The Morgan fingerprint density at radius 1 is 1.41 bits per heavy atom. The largest absolute Gasteiger partial charge is 0.394 e. The van der Waals surface area contributed by atoms with Gasteiger partial charge >= 0.3 is 0 Å². The SMILES string of the molecule is Cc1c(NC(C)(CO)CO)cccc1[N+](=O)[O-]. The van der Waals surface area contributed by atoms with Gasteiger partial charge < -0.3 is 15.5 Å². The van der Waals surface area contributed by atoms with Crippen molar-refractivity contribution in [3.63, 3.8) is 0 Å². The minimum Gasteiger partial charge on any atom is -0.394 e. The van der Waals surface area contributed by atoms with Gasteiger partial charge in [0.1, 0.15) is 0 Å². The molecule has 1 aromatic carbocycles. The van der Waals surface area contributed by atoms with Crippen molar-refractivity contribution in [2.75, 3.05) is 18.5 Å². The Kier molecular flexibility index (Phi) is 4.03. The third-order valence-corrected chi connectivity index (χ3v) is 2.64. The molecule has 94 valence electrons. The van der Waals surface area contributed by atoms with E-state index in [1.54, 1.807) is 26.0 Å². The number of hydrogen-bond acceptors (Lipinski definition) is 5. The van der Waals surface area contributed by atoms with Crippen LogP contribution in [0.1, 0.15) is 12.5 Å². The van der Waals surface area contributed by atoms with E-state index in [0.717, 1.165) is 0 Å². The summed E-state index contributed by atoms with van der Waals surface area (Å²) in [5, 5.41) is 32.0. The maximum Gasteiger partial charge on any atom is 0.274 e. The average molecular weight is 240 g/mol. The molecular weight excluding hydrogens is 224 g/mol. The minimum absolute atomic E-state index is 0.00762. The van der Waals surface area contributed by atoms with Crippen molar-refractivity contribution in [2.24, 2.45) is 0 Å². The monoisotopic (exact) mass is 240 g/mol. The molecule has 0 aliphatic heterocycles. The number of aliphatic hydroxyl groups excluding tert-OH is 2. The lowest BCUT2D eigenvalue weighted by Gasteiger charge is -2.28. The van der Waals surface area contributed by atoms with Crippen LogP contribution in [0.2, 0.25) is 0 Å². The maximum atomic E-state index is 10.8. The quantitative estimate of drug-likeness (QED) is 0.528. The summed E-state index contributed by atoms with van der Waals surface area (Å²) in [6, 6.07) is 4.64. The lowest BCUT2D eigenvalue weighted by molar-refractivity contribution is -0.385. The molecule has 0 bridgehead atoms. The molecule has 0 radical (unpaired) electrons. The summed E-state index contributed by atoms with van der Waals surface area (Å²) in [5.41, 5.74) is 0.114. The van der Waals surface area contributed by atoms with Crippen molar-refractivity contribution in [1.29, 1.82) is 0 Å². The van der Waals surface area contributed by atoms with Gasteiger partial charge in [0.15, 0.2) is 0 Å². The van der Waals surface area contributed by atoms with Crippen molar-refractivity contribution in [3.05, 3.63) is 33.9 Å². The highest BCUT2D eigenvalue weighted by molar-refractivity contribution is 5.60. The first-order chi connectivity index (χ1) is 7.93. The van der Waals surface area contributed by atoms with Gasteiger partial charge in [-0.15, -0.1) is 0 Å². The molecule has 0 amide bonds. The zero-order chi connectivity index (χ0) is 13.1. The van der Waals surface area contributed by atoms with Crippen LogP contribution in [0.25, 0.3) is 0 Å². The Morgan fingerprint density at radius 2 is 2.00 bits per heavy atom. The second-order valence-electron chi connectivity index (χ2n) is 4.21. The van der Waals surface area contributed by atoms with Crippen LogP contribution in [0.3, 0.4) is 0 Å². The average Bonchev–Trinajstić information content (AvgIpc) is 2.31. The number of hydrogen-bond donors (Lipinski definition) is 3. The molecule has 0 saturated heterocycles. The number of benzene rings is 1. The number of nitrogens with zero attached hydrogens (tertiary/aromatic N) is 1. The Bertz CT molecular complexity index is 416. The van der Waals surface area contributed by atoms with Crippen LogP contribution in [0.4, 0.5) is 11.4 Å². The van der Waals surface area contributed by atoms with Crippen LogP contribution < -0.4 is 5.32 Å². The molecule has 0 aliphatic carbocycles. The van der Waals surface area contributed by atoms with Gasteiger partial charge in [-0.05, 0) is 19.9 Å². The number of nitro benzene ring substituents is 1. The molecule has 6 nitrogen and oxygen atoms in total. The lowest BCUT2D eigenvalue weighted by atomic mass is 10.0. The van der Waals surface area contributed by atoms with Gasteiger partial charge in [0, 0.05) is 17.3 Å². The van der Waals surface area contributed by atoms with Gasteiger partial charge in [-0.3, -0.25) is 10.1 Å². The molecule has 0 atom stereocenters. The third-order valence-electron chi connectivity index (χ3n) is 2.64. The number of aliphatic hydroxyl groups is 2. The summed E-state index contributed by atoms with van der Waals surface area (Å²) < 4.78 is 0. The third kappa shape index (κ3) is 2.92. The topological polar surface area (TPSA) is 95.6 Å². The number of rotatable bonds is 5. The Hall–Kier alpha value is -1.66. The van der Waals surface area contributed by atoms with Crippen molar-refractivity contribution in [2.45, 2.75) is 19.4 Å². The summed E-state index contributed by atoms with van der Waals surface area (Å²) >= 11 is 0. The van der Waals surface area contributed by atoms with E-state index in [0.29, 0.717) is 11.3 Å². The molecular formula is C11H16N2O4. The predicted molar refractivity (Wildman–Crippen MR) is 64.0 cm³/mol. The molecule has 17 heavy (non-hydrogen) atoms. The summed E-state index contributed by atoms with van der Waals surface area (Å²) in [7, 11) is 0. The zero-order valence-electron chi connectivity index (χ0n) is 9.80. The molecule has 0 saturated carbocycles. The predicted octanol–water partition coefficient (Wildman–Crippen LogP) is 1.06. The molecule has 1 rings (SSSR count). The van der Waals surface area contributed by atoms with Gasteiger partial charge in [0.2, 0.25) is 0 Å². The molecule has 0 unspecified atom stereocenters. The highest BCUT2D eigenvalue weighted by Gasteiger charge is 2.24. The standard InChI is InChI=1S/C11H16N2O4/c1-8-9(12-11(2,6-14)7-15)4-3-5-10(8)13(16)17/h3-5,12,14-15H,6-7H2,1-2H3. The molecule has 0 fully saturated rings. The fraction of sp³-hybridized carbons (Fsp3) is 0.455. The Morgan fingerprint density at radius 3 is 2.47 bits per heavy atom. The van der Waals surface area contributed by atoms with Crippen molar-refractivity contribution in [3.8, 4) is 0 Å². The maximum absolute atomic E-state index is 10.8. The van der Waals surface area contributed by atoms with Crippen molar-refractivity contribution in [1.82, 2.24) is 0 Å². The van der Waals surface area contributed by atoms with Gasteiger partial charge in [-0.1, -0.05) is 6.07 Å². The van der Waals surface area contributed by atoms with Gasteiger partial charge in [0.05, 0.1) is 23.7 Å². The highest BCUT2D eigenvalue weighted by Crippen LogP contribution is 2.27. The second-order valence-corrected chi connectivity index (χ2v) is 4.21. The highest BCUT2D eigenvalue weighted by atomic mass is 16.6. The van der Waals surface area contributed by atoms with E-state index in [4.69, 9.17) is 10.2 Å². The molecule has 0 spiro atoms. The first-order valence-corrected chi connectivity index (χ1v) is 5.17. The van der Waals surface area contributed by atoms with Crippen LogP contribution in [0.5, 0.6) is 0 Å². The number of nitro groups is 1. The van der Waals surface area contributed by atoms with Crippen molar-refractivity contribution < 1.29 is 15.1 Å². The van der Waals surface area contributed by atoms with Crippen LogP contribution in [-0.2, 0) is 0 Å². The summed E-state index contributed by atoms with van der Waals surface area (Å²) in [6.45, 7) is 2.71. The van der Waals surface area contributed by atoms with E-state index in [1.165, 1.54) is 6.07 Å². The zero-order valence-corrected chi connectivity index (χ0v) is 9.80. The van der Waals surface area contributed by atoms with Crippen LogP contribution >= 0.6 is 0 Å². The van der Waals surface area contributed by atoms with Gasteiger partial charge in [-0.2, -0.15) is 0 Å². The molecule has 6 heteroatoms. The number of nitrogens with one attached hydrogen (secondary N) is 1. The van der Waals surface area contributed by atoms with E-state index in [1.807, 2.05) is 0 Å². The van der Waals surface area contributed by atoms with E-state index >= 15 is 0 Å². The first-order valence-electron chi connectivity index (χ1n) is 5.17. The van der Waals surface area contributed by atoms with Crippen molar-refractivity contribution >= 4 is 11.4 Å². The second kappa shape index (κ2) is 5.11. The summed E-state index contributed by atoms with van der Waals surface area (Å²) in [5.74, 6) is 0. The number of anilines is 1.